The second-order valence-corrected chi connectivity index (χ2v) is 7.24. The molecule has 0 radical (unpaired) electrons. The van der Waals surface area contributed by atoms with Crippen molar-refractivity contribution in [2.45, 2.75) is 33.7 Å². The van der Waals surface area contributed by atoms with Crippen LogP contribution in [0.3, 0.4) is 0 Å². The lowest BCUT2D eigenvalue weighted by molar-refractivity contribution is -0.126. The highest BCUT2D eigenvalue weighted by Gasteiger charge is 2.43. The van der Waals surface area contributed by atoms with Crippen molar-refractivity contribution in [3.8, 4) is 0 Å². The summed E-state index contributed by atoms with van der Waals surface area (Å²) in [5, 5.41) is 3.00. The van der Waals surface area contributed by atoms with Crippen molar-refractivity contribution in [2.75, 3.05) is 20.1 Å². The van der Waals surface area contributed by atoms with Gasteiger partial charge in [0.05, 0.1) is 23.9 Å². The van der Waals surface area contributed by atoms with Crippen LogP contribution in [-0.4, -0.2) is 41.9 Å². The van der Waals surface area contributed by atoms with Gasteiger partial charge >= 0.3 is 6.03 Å². The van der Waals surface area contributed by atoms with E-state index in [2.05, 4.69) is 25.2 Å². The van der Waals surface area contributed by atoms with Crippen molar-refractivity contribution < 1.29 is 9.59 Å². The molecule has 1 unspecified atom stereocenters. The van der Waals surface area contributed by atoms with E-state index >= 15 is 0 Å². The van der Waals surface area contributed by atoms with Gasteiger partial charge in [-0.25, -0.2) is 4.79 Å². The molecule has 0 saturated heterocycles. The number of hydrogen-bond acceptors (Lipinski definition) is 2. The van der Waals surface area contributed by atoms with Crippen LogP contribution in [0, 0.1) is 19.8 Å². The molecule has 3 amide bonds. The Morgan fingerprint density at radius 2 is 1.96 bits per heavy atom. The molecule has 5 heteroatoms. The standard InChI is InChI=1S/C19H25N3O2/c1-11(2)9-22-10-15-16(18(22)23)17(20-19(24)21(15)5)14-7-6-12(3)8-13(14)4/h6-8,11,17H,9-10H2,1-5H3,(H,20,24). The first-order valence-corrected chi connectivity index (χ1v) is 8.43. The Kier molecular flexibility index (Phi) is 4.11. The highest BCUT2D eigenvalue weighted by molar-refractivity contribution is 6.01. The summed E-state index contributed by atoms with van der Waals surface area (Å²) in [5.74, 6) is 0.430. The first-order valence-electron chi connectivity index (χ1n) is 8.43. The number of benzene rings is 1. The highest BCUT2D eigenvalue weighted by atomic mass is 16.2. The van der Waals surface area contributed by atoms with Gasteiger partial charge in [-0.1, -0.05) is 37.6 Å². The summed E-state index contributed by atoms with van der Waals surface area (Å²) in [5.41, 5.74) is 4.80. The number of carbonyl (C=O) groups is 2. The second-order valence-electron chi connectivity index (χ2n) is 7.24. The van der Waals surface area contributed by atoms with Gasteiger partial charge in [0, 0.05) is 13.6 Å². The maximum atomic E-state index is 13.0. The first-order chi connectivity index (χ1) is 11.3. The molecule has 3 rings (SSSR count). The van der Waals surface area contributed by atoms with Crippen LogP contribution in [0.2, 0.25) is 0 Å². The Labute approximate surface area is 143 Å². The number of nitrogens with zero attached hydrogens (tertiary/aromatic N) is 2. The Morgan fingerprint density at radius 3 is 2.58 bits per heavy atom. The third-order valence-corrected chi connectivity index (χ3v) is 4.76. The summed E-state index contributed by atoms with van der Waals surface area (Å²) in [4.78, 5) is 28.8. The van der Waals surface area contributed by atoms with Crippen LogP contribution in [0.25, 0.3) is 0 Å². The number of likely N-dealkylation sites (N-methyl/N-ethyl adjacent to an activating group) is 1. The number of amides is 3. The van der Waals surface area contributed by atoms with Crippen LogP contribution in [0.1, 0.15) is 36.6 Å². The zero-order valence-electron chi connectivity index (χ0n) is 15.0. The van der Waals surface area contributed by atoms with Crippen LogP contribution in [0.4, 0.5) is 4.79 Å². The van der Waals surface area contributed by atoms with E-state index in [-0.39, 0.29) is 18.0 Å². The fraction of sp³-hybridized carbons (Fsp3) is 0.474. The Hall–Kier alpha value is -2.30. The zero-order valence-corrected chi connectivity index (χ0v) is 15.0. The summed E-state index contributed by atoms with van der Waals surface area (Å²) in [6, 6.07) is 5.61. The highest BCUT2D eigenvalue weighted by Crippen LogP contribution is 2.37. The molecule has 2 aliphatic heterocycles. The van der Waals surface area contributed by atoms with Crippen LogP contribution < -0.4 is 5.32 Å². The summed E-state index contributed by atoms with van der Waals surface area (Å²) in [6.07, 6.45) is 0. The lowest BCUT2D eigenvalue weighted by Gasteiger charge is -2.31. The quantitative estimate of drug-likeness (QED) is 0.928. The van der Waals surface area contributed by atoms with Gasteiger partial charge in [0.1, 0.15) is 0 Å². The number of nitrogens with one attached hydrogen (secondary N) is 1. The van der Waals surface area contributed by atoms with Crippen molar-refractivity contribution in [1.29, 1.82) is 0 Å². The van der Waals surface area contributed by atoms with E-state index in [1.807, 2.05) is 30.9 Å². The molecule has 0 saturated carbocycles. The van der Waals surface area contributed by atoms with Crippen molar-refractivity contribution in [2.24, 2.45) is 5.92 Å². The van der Waals surface area contributed by atoms with Gasteiger partial charge in [-0.15, -0.1) is 0 Å². The fourth-order valence-corrected chi connectivity index (χ4v) is 3.59. The third kappa shape index (κ3) is 2.68. The summed E-state index contributed by atoms with van der Waals surface area (Å²) in [7, 11) is 1.73. The molecule has 1 atom stereocenters. The number of aryl methyl sites for hydroxylation is 2. The molecular weight excluding hydrogens is 302 g/mol. The number of urea groups is 1. The van der Waals surface area contributed by atoms with Gasteiger partial charge in [0.2, 0.25) is 0 Å². The largest absolute Gasteiger partial charge is 0.333 e. The van der Waals surface area contributed by atoms with E-state index in [9.17, 15) is 9.59 Å². The molecule has 0 aliphatic carbocycles. The molecule has 0 spiro atoms. The van der Waals surface area contributed by atoms with Gasteiger partial charge in [-0.05, 0) is 30.9 Å². The van der Waals surface area contributed by atoms with Gasteiger partial charge in [-0.2, -0.15) is 0 Å². The Morgan fingerprint density at radius 1 is 1.25 bits per heavy atom. The maximum absolute atomic E-state index is 13.0. The van der Waals surface area contributed by atoms with Crippen molar-refractivity contribution in [3.63, 3.8) is 0 Å². The average Bonchev–Trinajstić information content (AvgIpc) is 2.80. The smallest absolute Gasteiger partial charge is 0.322 e. The molecule has 2 heterocycles. The SMILES string of the molecule is Cc1ccc(C2NC(=O)N(C)C3=C2C(=O)N(CC(C)C)C3)c(C)c1. The molecule has 1 aromatic carbocycles. The van der Waals surface area contributed by atoms with Crippen molar-refractivity contribution in [1.82, 2.24) is 15.1 Å². The number of carbonyl (C=O) groups excluding carboxylic acids is 2. The van der Waals surface area contributed by atoms with Crippen molar-refractivity contribution >= 4 is 11.9 Å². The number of rotatable bonds is 3. The molecule has 0 bridgehead atoms. The molecule has 5 nitrogen and oxygen atoms in total. The molecule has 1 N–H and O–H groups in total. The van der Waals surface area contributed by atoms with Crippen LogP contribution in [0.5, 0.6) is 0 Å². The summed E-state index contributed by atoms with van der Waals surface area (Å²) < 4.78 is 0. The molecular formula is C19H25N3O2. The summed E-state index contributed by atoms with van der Waals surface area (Å²) >= 11 is 0. The maximum Gasteiger partial charge on any atom is 0.322 e. The molecule has 0 fully saturated rings. The van der Waals surface area contributed by atoms with E-state index in [1.165, 1.54) is 5.56 Å². The first kappa shape index (κ1) is 16.6. The predicted molar refractivity (Wildman–Crippen MR) is 93.4 cm³/mol. The Balaban J connectivity index is 2.04. The van der Waals surface area contributed by atoms with E-state index in [0.29, 0.717) is 24.6 Å². The zero-order chi connectivity index (χ0) is 17.6. The lowest BCUT2D eigenvalue weighted by atomic mass is 9.91. The lowest BCUT2D eigenvalue weighted by Crippen LogP contribution is -2.45. The van der Waals surface area contributed by atoms with E-state index < -0.39 is 0 Å². The van der Waals surface area contributed by atoms with Gasteiger partial charge in [0.15, 0.2) is 0 Å². The minimum absolute atomic E-state index is 0.0375. The van der Waals surface area contributed by atoms with Gasteiger partial charge in [-0.3, -0.25) is 9.69 Å². The fourth-order valence-electron chi connectivity index (χ4n) is 3.59. The average molecular weight is 327 g/mol. The monoisotopic (exact) mass is 327 g/mol. The summed E-state index contributed by atoms with van der Waals surface area (Å²) in [6.45, 7) is 9.47. The molecule has 24 heavy (non-hydrogen) atoms. The van der Waals surface area contributed by atoms with Gasteiger partial charge in [0.25, 0.3) is 5.91 Å². The minimum Gasteiger partial charge on any atom is -0.333 e. The van der Waals surface area contributed by atoms with E-state index in [1.54, 1.807) is 11.9 Å². The van der Waals surface area contributed by atoms with Crippen LogP contribution in [-0.2, 0) is 4.79 Å². The molecule has 0 aromatic heterocycles. The van der Waals surface area contributed by atoms with E-state index in [0.717, 1.165) is 16.8 Å². The molecule has 128 valence electrons. The molecule has 2 aliphatic rings. The minimum atomic E-state index is -0.367. The topological polar surface area (TPSA) is 52.7 Å². The molecule has 1 aromatic rings. The Bertz CT molecular complexity index is 736. The predicted octanol–water partition coefficient (Wildman–Crippen LogP) is 2.75. The van der Waals surface area contributed by atoms with Gasteiger partial charge < -0.3 is 10.2 Å². The number of hydrogen-bond donors (Lipinski definition) is 1. The van der Waals surface area contributed by atoms with Crippen LogP contribution >= 0.6 is 0 Å². The van der Waals surface area contributed by atoms with E-state index in [4.69, 9.17) is 0 Å². The van der Waals surface area contributed by atoms with Crippen LogP contribution in [0.15, 0.2) is 29.5 Å². The second kappa shape index (κ2) is 5.96. The normalized spacial score (nSPS) is 20.8. The van der Waals surface area contributed by atoms with Crippen molar-refractivity contribution in [3.05, 3.63) is 46.2 Å². The third-order valence-electron chi connectivity index (χ3n) is 4.76.